The fraction of sp³-hybridized carbons (Fsp3) is 1.00. The third-order valence-corrected chi connectivity index (χ3v) is 29.4. The molecule has 0 saturated carbocycles. The van der Waals surface area contributed by atoms with E-state index in [1.807, 2.05) is 0 Å². The first kappa shape index (κ1) is 83.1. The molecule has 14 heteroatoms. The first-order chi connectivity index (χ1) is 46.8. The second-order valence-corrected chi connectivity index (χ2v) is 38.3. The van der Waals surface area contributed by atoms with Gasteiger partial charge in [0.2, 0.25) is 0 Å². The van der Waals surface area contributed by atoms with Crippen molar-refractivity contribution in [2.75, 3.05) is 191 Å². The highest BCUT2D eigenvalue weighted by Gasteiger charge is 2.52. The lowest BCUT2D eigenvalue weighted by atomic mass is 10.1. The minimum absolute atomic E-state index is 0.730. The van der Waals surface area contributed by atoms with Crippen LogP contribution in [0.3, 0.4) is 0 Å². The van der Waals surface area contributed by atoms with Crippen molar-refractivity contribution in [1.82, 2.24) is 34.3 Å². The van der Waals surface area contributed by atoms with Gasteiger partial charge in [-0.25, -0.2) is 34.3 Å². The molecule has 14 aliphatic heterocycles. The van der Waals surface area contributed by atoms with Gasteiger partial charge in [0, 0.05) is 139 Å². The fourth-order valence-electron chi connectivity index (χ4n) is 23.4. The van der Waals surface area contributed by atoms with E-state index in [0.717, 1.165) is 78.5 Å². The molecule has 14 nitrogen and oxygen atoms in total. The van der Waals surface area contributed by atoms with Gasteiger partial charge in [-0.05, 0) is 123 Å². The number of rotatable bonds is 15. The summed E-state index contributed by atoms with van der Waals surface area (Å²) in [6.45, 7) is 87.5. The summed E-state index contributed by atoms with van der Waals surface area (Å²) in [5.41, 5.74) is 0. The van der Waals surface area contributed by atoms with Crippen LogP contribution in [0.4, 0.5) is 0 Å². The van der Waals surface area contributed by atoms with Crippen LogP contribution in [-0.2, 0) is 0 Å². The average molecular weight is 1380 g/mol. The maximum atomic E-state index is 2.76. The van der Waals surface area contributed by atoms with Crippen molar-refractivity contribution >= 4 is 0 Å². The van der Waals surface area contributed by atoms with E-state index < -0.39 is 0 Å². The minimum atomic E-state index is 0.730. The highest BCUT2D eigenvalue weighted by atomic mass is 15.6. The molecule has 574 valence electrons. The van der Waals surface area contributed by atoms with Gasteiger partial charge in [-0.3, -0.25) is 0 Å². The standard InChI is InChI=1S/2C13H27N2.3C12H25N2.2C11H23N2/c1-4-7-13-10-15(8-5-6-9-15)11-14(13)12(2)3;1-4-7-13-10-14(12(2)3)11-15(13)8-5-6-9-15;1-4-12-9-14(7-5-6-8-14)10-13(12)11(2)3;1-4-12-9-13(11(2)3)10-14(12)7-5-6-8-14;1-3-7-12-10-14(8-5-6-9-14)11-13(12)4-2;1-10(2)12-9-13(8-11(12)3)6-4-5-7-13;1-10(2)12-8-11(3)13(9-12)6-4-5-7-13/h2*12-13H,4-11H2,1-3H3;2*11-12H,4-10H2,1-3H3;12H,3-11H2,1-2H3;2*10-11H,4-9H2,1-3H3/q7*+1. The Bertz CT molecular complexity index is 2210. The van der Waals surface area contributed by atoms with E-state index in [1.54, 1.807) is 0 Å². The van der Waals surface area contributed by atoms with Crippen LogP contribution in [0.5, 0.6) is 0 Å². The summed E-state index contributed by atoms with van der Waals surface area (Å²) in [5, 5.41) is 0. The maximum absolute atomic E-state index is 2.76. The Kier molecular flexibility index (Phi) is 32.0. The van der Waals surface area contributed by atoms with Crippen molar-refractivity contribution in [3.8, 4) is 0 Å². The summed E-state index contributed by atoms with van der Waals surface area (Å²) in [6, 6.07) is 10.6. The molecule has 0 aliphatic carbocycles. The van der Waals surface area contributed by atoms with Crippen LogP contribution in [0.2, 0.25) is 0 Å². The van der Waals surface area contributed by atoms with E-state index in [-0.39, 0.29) is 0 Å². The van der Waals surface area contributed by atoms with Crippen LogP contribution in [0.1, 0.15) is 280 Å². The molecule has 0 N–H and O–H groups in total. The number of quaternary nitrogens is 7. The van der Waals surface area contributed by atoms with Crippen LogP contribution >= 0.6 is 0 Å². The summed E-state index contributed by atoms with van der Waals surface area (Å²) in [4.78, 5) is 18.9. The zero-order valence-corrected chi connectivity index (χ0v) is 69.8. The molecular formula is C84H175N14+7. The molecule has 14 aliphatic rings. The average Bonchev–Trinajstić information content (AvgIpc) is 1.66. The van der Waals surface area contributed by atoms with Crippen molar-refractivity contribution < 1.29 is 31.4 Å². The molecule has 7 spiro atoms. The number of hydrogen-bond acceptors (Lipinski definition) is 7. The Labute approximate surface area is 611 Å². The molecule has 0 bridgehead atoms. The topological polar surface area (TPSA) is 22.7 Å². The zero-order valence-electron chi connectivity index (χ0n) is 69.8. The molecule has 14 fully saturated rings. The molecule has 0 aromatic carbocycles. The lowest BCUT2D eigenvalue weighted by molar-refractivity contribution is -0.931. The predicted octanol–water partition coefficient (Wildman–Crippen LogP) is 14.4. The molecule has 14 saturated heterocycles. The zero-order chi connectivity index (χ0) is 71.1. The molecule has 0 radical (unpaired) electrons. The third-order valence-electron chi connectivity index (χ3n) is 29.4. The molecule has 7 atom stereocenters. The number of hydrogen-bond donors (Lipinski definition) is 0. The molecular weight excluding hydrogens is 1210 g/mol. The largest absolute Gasteiger partial charge is 0.310 e. The third kappa shape index (κ3) is 20.8. The van der Waals surface area contributed by atoms with Crippen LogP contribution in [0.15, 0.2) is 0 Å². The second kappa shape index (κ2) is 37.8. The van der Waals surface area contributed by atoms with E-state index in [4.69, 9.17) is 0 Å². The van der Waals surface area contributed by atoms with Gasteiger partial charge in [0.25, 0.3) is 0 Å². The van der Waals surface area contributed by atoms with E-state index in [9.17, 15) is 0 Å². The van der Waals surface area contributed by atoms with Gasteiger partial charge in [0.15, 0.2) is 0 Å². The molecule has 0 amide bonds. The molecule has 98 heavy (non-hydrogen) atoms. The van der Waals surface area contributed by atoms with Gasteiger partial charge >= 0.3 is 0 Å². The van der Waals surface area contributed by atoms with Crippen molar-refractivity contribution in [3.05, 3.63) is 0 Å². The second-order valence-electron chi connectivity index (χ2n) is 38.3. The SMILES string of the molecule is CC(C)N1CC(C)[N+]2(CCCC2)C1.CC(C)N1C[N+]2(CCCC2)CC1C.CCC1CN(C(C)C)C[N+]12CCCC2.CCC1C[N+]2(CCCC2)CN1C(C)C.CCCC1CN(C(C)C)C[N+]12CCCC2.CCCC1C[N+]2(CCCC2)CN1C(C)C.CCCC1C[N+]2(CCCC2)CN1CC. The van der Waals surface area contributed by atoms with Crippen molar-refractivity contribution in [3.63, 3.8) is 0 Å². The van der Waals surface area contributed by atoms with Gasteiger partial charge < -0.3 is 31.4 Å². The van der Waals surface area contributed by atoms with Crippen LogP contribution < -0.4 is 0 Å². The number of nitrogens with zero attached hydrogens (tertiary/aromatic N) is 14. The highest BCUT2D eigenvalue weighted by molar-refractivity contribution is 4.84. The normalized spacial score (nSPS) is 32.1. The van der Waals surface area contributed by atoms with E-state index in [0.29, 0.717) is 0 Å². The van der Waals surface area contributed by atoms with E-state index in [1.165, 1.54) is 363 Å². The molecule has 14 heterocycles. The first-order valence-electron chi connectivity index (χ1n) is 44.0. The van der Waals surface area contributed by atoms with Crippen molar-refractivity contribution in [2.45, 2.75) is 358 Å². The van der Waals surface area contributed by atoms with Gasteiger partial charge in [-0.1, -0.05) is 60.8 Å². The molecule has 0 aromatic rings. The Hall–Kier alpha value is -0.560. The first-order valence-corrected chi connectivity index (χ1v) is 44.0. The molecule has 0 aromatic heterocycles. The Morgan fingerprint density at radius 2 is 0.622 bits per heavy atom. The highest BCUT2D eigenvalue weighted by Crippen LogP contribution is 2.38. The van der Waals surface area contributed by atoms with Gasteiger partial charge in [-0.15, -0.1) is 0 Å². The summed E-state index contributed by atoms with van der Waals surface area (Å²) >= 11 is 0. The van der Waals surface area contributed by atoms with Gasteiger partial charge in [0.05, 0.1) is 162 Å². The smallest absolute Gasteiger partial charge is 0.135 e. The lowest BCUT2D eigenvalue weighted by Gasteiger charge is -2.35. The van der Waals surface area contributed by atoms with E-state index in [2.05, 4.69) is 173 Å². The van der Waals surface area contributed by atoms with Crippen molar-refractivity contribution in [2.24, 2.45) is 0 Å². The van der Waals surface area contributed by atoms with Crippen LogP contribution in [0.25, 0.3) is 0 Å². The number of likely N-dealkylation sites (N-methyl/N-ethyl adjacent to an activating group) is 1. The van der Waals surface area contributed by atoms with Gasteiger partial charge in [0.1, 0.15) is 64.8 Å². The molecule has 14 rings (SSSR count). The Morgan fingerprint density at radius 3 is 0.990 bits per heavy atom. The quantitative estimate of drug-likeness (QED) is 0.151. The Balaban J connectivity index is 0.000000146. The predicted molar refractivity (Wildman–Crippen MR) is 420 cm³/mol. The summed E-state index contributed by atoms with van der Waals surface area (Å²) in [6.07, 6.45) is 31.4. The molecule has 7 unspecified atom stereocenters. The van der Waals surface area contributed by atoms with Crippen LogP contribution in [0, 0.1) is 0 Å². The maximum Gasteiger partial charge on any atom is 0.135 e. The summed E-state index contributed by atoms with van der Waals surface area (Å²) in [7, 11) is 0. The lowest BCUT2D eigenvalue weighted by Crippen LogP contribution is -2.50. The fourth-order valence-corrected chi connectivity index (χ4v) is 23.4. The summed E-state index contributed by atoms with van der Waals surface area (Å²) < 4.78 is 9.93. The summed E-state index contributed by atoms with van der Waals surface area (Å²) in [5.74, 6) is 0. The van der Waals surface area contributed by atoms with Gasteiger partial charge in [-0.2, -0.15) is 0 Å². The van der Waals surface area contributed by atoms with E-state index >= 15 is 0 Å². The Morgan fingerprint density at radius 1 is 0.296 bits per heavy atom. The minimum Gasteiger partial charge on any atom is -0.310 e. The van der Waals surface area contributed by atoms with Crippen LogP contribution in [-0.4, -0.2) is 335 Å². The monoisotopic (exact) mass is 1380 g/mol. The van der Waals surface area contributed by atoms with Crippen molar-refractivity contribution in [1.29, 1.82) is 0 Å².